The molecule has 1 atom stereocenters. The standard InChI is InChI=1S/C12H19N3O/c1-4-12(3,8-13)15-11(16)10-6-5-7-14-9(10)2/h5-7H,4,8,13H2,1-3H3,(H,15,16). The number of hydrogen-bond donors (Lipinski definition) is 2. The number of aryl methyl sites for hydroxylation is 1. The molecule has 0 aliphatic rings. The lowest BCUT2D eigenvalue weighted by atomic mass is 9.98. The molecule has 1 aromatic rings. The molecule has 4 nitrogen and oxygen atoms in total. The zero-order valence-corrected chi connectivity index (χ0v) is 10.1. The zero-order chi connectivity index (χ0) is 12.2. The first kappa shape index (κ1) is 12.6. The molecule has 0 aliphatic carbocycles. The summed E-state index contributed by atoms with van der Waals surface area (Å²) >= 11 is 0. The predicted molar refractivity (Wildman–Crippen MR) is 64.2 cm³/mol. The van der Waals surface area contributed by atoms with Crippen LogP contribution in [0.5, 0.6) is 0 Å². The van der Waals surface area contributed by atoms with Crippen molar-refractivity contribution in [2.24, 2.45) is 5.73 Å². The van der Waals surface area contributed by atoms with Crippen LogP contribution in [0.25, 0.3) is 0 Å². The van der Waals surface area contributed by atoms with E-state index in [1.807, 2.05) is 20.8 Å². The minimum absolute atomic E-state index is 0.111. The van der Waals surface area contributed by atoms with Crippen molar-refractivity contribution in [3.05, 3.63) is 29.6 Å². The van der Waals surface area contributed by atoms with E-state index < -0.39 is 0 Å². The highest BCUT2D eigenvalue weighted by atomic mass is 16.1. The first-order valence-electron chi connectivity index (χ1n) is 5.46. The monoisotopic (exact) mass is 221 g/mol. The van der Waals surface area contributed by atoms with Gasteiger partial charge in [0.15, 0.2) is 0 Å². The summed E-state index contributed by atoms with van der Waals surface area (Å²) in [5.74, 6) is -0.111. The van der Waals surface area contributed by atoms with Crippen LogP contribution in [0.3, 0.4) is 0 Å². The number of nitrogens with zero attached hydrogens (tertiary/aromatic N) is 1. The van der Waals surface area contributed by atoms with E-state index in [0.29, 0.717) is 12.1 Å². The van der Waals surface area contributed by atoms with Crippen LogP contribution in [0.4, 0.5) is 0 Å². The minimum Gasteiger partial charge on any atom is -0.346 e. The van der Waals surface area contributed by atoms with E-state index in [2.05, 4.69) is 10.3 Å². The normalized spacial score (nSPS) is 14.2. The number of hydrogen-bond acceptors (Lipinski definition) is 3. The van der Waals surface area contributed by atoms with Gasteiger partial charge in [0, 0.05) is 24.0 Å². The molecule has 0 radical (unpaired) electrons. The molecule has 16 heavy (non-hydrogen) atoms. The quantitative estimate of drug-likeness (QED) is 0.804. The highest BCUT2D eigenvalue weighted by Crippen LogP contribution is 2.10. The Labute approximate surface area is 96.3 Å². The summed E-state index contributed by atoms with van der Waals surface area (Å²) in [4.78, 5) is 16.1. The third kappa shape index (κ3) is 2.79. The molecule has 1 unspecified atom stereocenters. The van der Waals surface area contributed by atoms with Gasteiger partial charge in [0.1, 0.15) is 0 Å². The lowest BCUT2D eigenvalue weighted by Gasteiger charge is -2.28. The summed E-state index contributed by atoms with van der Waals surface area (Å²) in [5.41, 5.74) is 6.64. The Hall–Kier alpha value is -1.42. The molecule has 0 aliphatic heterocycles. The highest BCUT2D eigenvalue weighted by molar-refractivity contribution is 5.95. The lowest BCUT2D eigenvalue weighted by molar-refractivity contribution is 0.0905. The van der Waals surface area contributed by atoms with Gasteiger partial charge in [-0.25, -0.2) is 0 Å². The van der Waals surface area contributed by atoms with Crippen molar-refractivity contribution in [3.63, 3.8) is 0 Å². The van der Waals surface area contributed by atoms with Crippen molar-refractivity contribution >= 4 is 5.91 Å². The summed E-state index contributed by atoms with van der Waals surface area (Å²) in [7, 11) is 0. The maximum atomic E-state index is 12.0. The van der Waals surface area contributed by atoms with Crippen LogP contribution in [-0.2, 0) is 0 Å². The maximum Gasteiger partial charge on any atom is 0.253 e. The average Bonchev–Trinajstić information content (AvgIpc) is 2.29. The van der Waals surface area contributed by atoms with Gasteiger partial charge in [-0.15, -0.1) is 0 Å². The van der Waals surface area contributed by atoms with Crippen LogP contribution in [0.15, 0.2) is 18.3 Å². The van der Waals surface area contributed by atoms with Gasteiger partial charge in [-0.2, -0.15) is 0 Å². The molecule has 1 rings (SSSR count). The number of carbonyl (C=O) groups excluding carboxylic acids is 1. The number of aromatic nitrogens is 1. The van der Waals surface area contributed by atoms with Gasteiger partial charge in [-0.1, -0.05) is 6.92 Å². The smallest absolute Gasteiger partial charge is 0.253 e. The predicted octanol–water partition coefficient (Wildman–Crippen LogP) is 1.25. The summed E-state index contributed by atoms with van der Waals surface area (Å²) < 4.78 is 0. The summed E-state index contributed by atoms with van der Waals surface area (Å²) in [6, 6.07) is 3.53. The second kappa shape index (κ2) is 5.07. The molecule has 3 N–H and O–H groups in total. The number of carbonyl (C=O) groups is 1. The molecule has 0 saturated carbocycles. The van der Waals surface area contributed by atoms with E-state index in [9.17, 15) is 4.79 Å². The van der Waals surface area contributed by atoms with Crippen LogP contribution < -0.4 is 11.1 Å². The number of rotatable bonds is 4. The van der Waals surface area contributed by atoms with Gasteiger partial charge in [0.2, 0.25) is 0 Å². The summed E-state index contributed by atoms with van der Waals surface area (Å²) in [6.07, 6.45) is 2.47. The van der Waals surface area contributed by atoms with Crippen molar-refractivity contribution in [2.45, 2.75) is 32.7 Å². The van der Waals surface area contributed by atoms with Gasteiger partial charge in [0.05, 0.1) is 5.56 Å². The highest BCUT2D eigenvalue weighted by Gasteiger charge is 2.23. The molecule has 1 aromatic heterocycles. The molecule has 0 aromatic carbocycles. The molecule has 0 spiro atoms. The van der Waals surface area contributed by atoms with Gasteiger partial charge in [0.25, 0.3) is 5.91 Å². The molecule has 0 bridgehead atoms. The third-order valence-electron chi connectivity index (χ3n) is 2.90. The SMILES string of the molecule is CCC(C)(CN)NC(=O)c1cccnc1C. The van der Waals surface area contributed by atoms with E-state index in [4.69, 9.17) is 5.73 Å². The van der Waals surface area contributed by atoms with E-state index in [1.54, 1.807) is 18.3 Å². The van der Waals surface area contributed by atoms with Crippen molar-refractivity contribution in [1.29, 1.82) is 0 Å². The Morgan fingerprint density at radius 1 is 1.62 bits per heavy atom. The van der Waals surface area contributed by atoms with Crippen LogP contribution in [0.1, 0.15) is 36.3 Å². The Balaban J connectivity index is 2.84. The Morgan fingerprint density at radius 3 is 2.81 bits per heavy atom. The largest absolute Gasteiger partial charge is 0.346 e. The average molecular weight is 221 g/mol. The second-order valence-electron chi connectivity index (χ2n) is 4.21. The first-order chi connectivity index (χ1) is 7.52. The molecule has 1 amide bonds. The lowest BCUT2D eigenvalue weighted by Crippen LogP contribution is -2.51. The van der Waals surface area contributed by atoms with Gasteiger partial charge in [-0.3, -0.25) is 9.78 Å². The number of amides is 1. The van der Waals surface area contributed by atoms with Crippen LogP contribution in [-0.4, -0.2) is 23.0 Å². The van der Waals surface area contributed by atoms with Crippen molar-refractivity contribution in [1.82, 2.24) is 10.3 Å². The third-order valence-corrected chi connectivity index (χ3v) is 2.90. The minimum atomic E-state index is -0.348. The Bertz CT molecular complexity index is 372. The molecular weight excluding hydrogens is 202 g/mol. The first-order valence-corrected chi connectivity index (χ1v) is 5.46. The van der Waals surface area contributed by atoms with Crippen molar-refractivity contribution < 1.29 is 4.79 Å². The molecule has 0 fully saturated rings. The van der Waals surface area contributed by atoms with Crippen molar-refractivity contribution in [2.75, 3.05) is 6.54 Å². The number of pyridine rings is 1. The fraction of sp³-hybridized carbons (Fsp3) is 0.500. The van der Waals surface area contributed by atoms with Crippen LogP contribution in [0.2, 0.25) is 0 Å². The van der Waals surface area contributed by atoms with Gasteiger partial charge in [-0.05, 0) is 32.4 Å². The Morgan fingerprint density at radius 2 is 2.31 bits per heavy atom. The summed E-state index contributed by atoms with van der Waals surface area (Å²) in [6.45, 7) is 6.19. The Kier molecular flexibility index (Phi) is 4.01. The molecule has 88 valence electrons. The topological polar surface area (TPSA) is 68.0 Å². The van der Waals surface area contributed by atoms with Crippen LogP contribution >= 0.6 is 0 Å². The molecular formula is C12H19N3O. The van der Waals surface area contributed by atoms with Crippen LogP contribution in [0, 0.1) is 6.92 Å². The van der Waals surface area contributed by atoms with Gasteiger partial charge < -0.3 is 11.1 Å². The fourth-order valence-corrected chi connectivity index (χ4v) is 1.35. The number of nitrogens with one attached hydrogen (secondary N) is 1. The van der Waals surface area contributed by atoms with E-state index in [1.165, 1.54) is 0 Å². The van der Waals surface area contributed by atoms with E-state index in [0.717, 1.165) is 12.1 Å². The number of nitrogens with two attached hydrogens (primary N) is 1. The zero-order valence-electron chi connectivity index (χ0n) is 10.1. The molecule has 4 heteroatoms. The summed E-state index contributed by atoms with van der Waals surface area (Å²) in [5, 5.41) is 2.95. The molecule has 1 heterocycles. The maximum absolute atomic E-state index is 12.0. The van der Waals surface area contributed by atoms with Gasteiger partial charge >= 0.3 is 0 Å². The molecule has 0 saturated heterocycles. The van der Waals surface area contributed by atoms with Crippen molar-refractivity contribution in [3.8, 4) is 0 Å². The fourth-order valence-electron chi connectivity index (χ4n) is 1.35. The van der Waals surface area contributed by atoms with E-state index >= 15 is 0 Å². The van der Waals surface area contributed by atoms with E-state index in [-0.39, 0.29) is 11.4 Å². The second-order valence-corrected chi connectivity index (χ2v) is 4.21.